The van der Waals surface area contributed by atoms with E-state index in [1.54, 1.807) is 11.9 Å². The van der Waals surface area contributed by atoms with E-state index in [4.69, 9.17) is 22.1 Å². The molecule has 294 valence electrons. The van der Waals surface area contributed by atoms with Gasteiger partial charge in [0.2, 0.25) is 5.91 Å². The lowest BCUT2D eigenvalue weighted by atomic mass is 9.78. The molecular formula is C34H50ClF3N10O5. The van der Waals surface area contributed by atoms with Crippen molar-refractivity contribution in [3.8, 4) is 0 Å². The molecule has 0 aliphatic carbocycles. The highest BCUT2D eigenvalue weighted by Gasteiger charge is 2.51. The third-order valence-corrected chi connectivity index (χ3v) is 9.30. The van der Waals surface area contributed by atoms with Gasteiger partial charge in [-0.25, -0.2) is 0 Å². The van der Waals surface area contributed by atoms with Crippen LogP contribution in [0.1, 0.15) is 39.7 Å². The molecule has 1 atom stereocenters. The number of amides is 3. The van der Waals surface area contributed by atoms with Crippen LogP contribution in [0.3, 0.4) is 0 Å². The van der Waals surface area contributed by atoms with Crippen LogP contribution in [0.15, 0.2) is 51.0 Å². The fourth-order valence-electron chi connectivity index (χ4n) is 5.99. The van der Waals surface area contributed by atoms with Crippen LogP contribution < -0.4 is 21.8 Å². The lowest BCUT2D eigenvalue weighted by Crippen LogP contribution is -2.71. The Kier molecular flexibility index (Phi) is 15.1. The van der Waals surface area contributed by atoms with E-state index < -0.39 is 48.1 Å². The summed E-state index contributed by atoms with van der Waals surface area (Å²) < 4.78 is 45.0. The monoisotopic (exact) mass is 770 g/mol. The van der Waals surface area contributed by atoms with Crippen molar-refractivity contribution >= 4 is 47.4 Å². The first kappa shape index (κ1) is 43.0. The molecule has 3 fully saturated rings. The molecule has 0 radical (unpaired) electrons. The maximum atomic E-state index is 14.5. The normalized spacial score (nSPS) is 18.6. The molecule has 4 rings (SSSR count). The number of rotatable bonds is 13. The summed E-state index contributed by atoms with van der Waals surface area (Å²) in [4.78, 5) is 54.2. The van der Waals surface area contributed by atoms with Gasteiger partial charge in [-0.2, -0.15) is 18.6 Å². The number of carbonyl (C=O) groups is 3. The van der Waals surface area contributed by atoms with Gasteiger partial charge in [-0.15, -0.1) is 0 Å². The van der Waals surface area contributed by atoms with E-state index in [2.05, 4.69) is 32.8 Å². The van der Waals surface area contributed by atoms with Crippen LogP contribution in [-0.4, -0.2) is 134 Å². The Morgan fingerprint density at radius 3 is 2.23 bits per heavy atom. The van der Waals surface area contributed by atoms with E-state index in [0.717, 1.165) is 17.1 Å². The van der Waals surface area contributed by atoms with Crippen LogP contribution >= 0.6 is 11.6 Å². The van der Waals surface area contributed by atoms with E-state index in [9.17, 15) is 32.7 Å². The molecule has 1 aromatic rings. The van der Waals surface area contributed by atoms with Crippen molar-refractivity contribution in [2.45, 2.75) is 46.6 Å². The van der Waals surface area contributed by atoms with E-state index in [0.29, 0.717) is 44.5 Å². The Labute approximate surface area is 312 Å². The average Bonchev–Trinajstić information content (AvgIpc) is 3.11. The fraction of sp³-hybridized carbons (Fsp3) is 0.559. The first-order valence-electron chi connectivity index (χ1n) is 17.2. The van der Waals surface area contributed by atoms with Crippen molar-refractivity contribution in [3.05, 3.63) is 51.6 Å². The third kappa shape index (κ3) is 10.2. The molecule has 0 aromatic heterocycles. The lowest BCUT2D eigenvalue weighted by Gasteiger charge is -2.56. The summed E-state index contributed by atoms with van der Waals surface area (Å²) in [6.45, 7) is 13.6. The minimum atomic E-state index is -4.63. The Bertz CT molecular complexity index is 1590. The maximum absolute atomic E-state index is 14.5. The first-order chi connectivity index (χ1) is 25.1. The Morgan fingerprint density at radius 1 is 1.15 bits per heavy atom. The average molecular weight is 771 g/mol. The topological polar surface area (TPSA) is 180 Å². The van der Waals surface area contributed by atoms with Crippen LogP contribution in [0.2, 0.25) is 5.02 Å². The molecule has 3 amide bonds. The molecule has 0 saturated carbocycles. The molecule has 0 bridgehead atoms. The highest BCUT2D eigenvalue weighted by Crippen LogP contribution is 2.38. The summed E-state index contributed by atoms with van der Waals surface area (Å²) in [7, 11) is 3.12. The number of hydrazine groups is 1. The van der Waals surface area contributed by atoms with Gasteiger partial charge in [0.05, 0.1) is 35.2 Å². The number of hydrogen-bond acceptors (Lipinski definition) is 12. The zero-order chi connectivity index (χ0) is 39.7. The number of ether oxygens (including phenoxy) is 1. The van der Waals surface area contributed by atoms with Crippen molar-refractivity contribution in [1.29, 1.82) is 0 Å². The predicted molar refractivity (Wildman–Crippen MR) is 197 cm³/mol. The zero-order valence-corrected chi connectivity index (χ0v) is 31.7. The summed E-state index contributed by atoms with van der Waals surface area (Å²) in [5, 5.41) is 16.6. The van der Waals surface area contributed by atoms with Gasteiger partial charge >= 0.3 is 6.18 Å². The van der Waals surface area contributed by atoms with Crippen LogP contribution in [0, 0.1) is 5.41 Å². The minimum Gasteiger partial charge on any atom is -0.504 e. The van der Waals surface area contributed by atoms with E-state index in [-0.39, 0.29) is 59.4 Å². The number of nitrogens with two attached hydrogens (primary N) is 1. The van der Waals surface area contributed by atoms with Crippen molar-refractivity contribution in [3.63, 3.8) is 0 Å². The van der Waals surface area contributed by atoms with E-state index in [1.807, 2.05) is 25.7 Å². The fourth-order valence-corrected chi connectivity index (χ4v) is 6.22. The van der Waals surface area contributed by atoms with Gasteiger partial charge in [-0.05, 0) is 38.3 Å². The number of piperazine rings is 1. The number of allylic oxidation sites excluding steroid dienone is 2. The summed E-state index contributed by atoms with van der Waals surface area (Å²) in [5.74, 6) is -2.36. The Morgan fingerprint density at radius 2 is 1.75 bits per heavy atom. The van der Waals surface area contributed by atoms with Gasteiger partial charge in [-0.1, -0.05) is 32.4 Å². The van der Waals surface area contributed by atoms with Crippen molar-refractivity contribution < 1.29 is 37.4 Å². The molecule has 1 unspecified atom stereocenters. The molecule has 19 heteroatoms. The molecule has 53 heavy (non-hydrogen) atoms. The van der Waals surface area contributed by atoms with Crippen LogP contribution in [0.25, 0.3) is 0 Å². The van der Waals surface area contributed by atoms with Gasteiger partial charge in [0, 0.05) is 64.5 Å². The predicted octanol–water partition coefficient (Wildman–Crippen LogP) is 2.78. The number of nitrogens with one attached hydrogen (secondary N) is 3. The number of benzene rings is 1. The lowest BCUT2D eigenvalue weighted by molar-refractivity contribution is -0.204. The number of aliphatic imine (C=N–C) groups is 2. The number of nitrogens with zero attached hydrogens (tertiary/aromatic N) is 6. The largest absolute Gasteiger partial charge is 0.504 e. The second-order valence-corrected chi connectivity index (χ2v) is 12.9. The standard InChI is InChI=1S/C32H44ClF3N10O5.C2H6/c1-6-22(39-4)26(43-9-11-44(12-10-43)28(49)25(37)27(48)19(2)38-3)29(50)46(42-30(40-5)45-15-31(16-45)17-51-18-31)14-24(47)41-23-8-7-20(13-21(23)33)32(34,35)36;1-2/h7-8,13,30,39,42,48H,5-6,9-12,14-18,37H2,1-4H3,(H,41,47);1-2H3/b26-22+,27-25+,38-19?;. The molecule has 3 heterocycles. The number of aliphatic hydroxyl groups excluding tert-OH is 1. The van der Waals surface area contributed by atoms with Gasteiger partial charge < -0.3 is 36.0 Å². The number of aliphatic hydroxyl groups is 1. The Hall–Kier alpha value is -4.39. The van der Waals surface area contributed by atoms with Crippen LogP contribution in [-0.2, 0) is 25.3 Å². The van der Waals surface area contributed by atoms with E-state index in [1.165, 1.54) is 18.9 Å². The van der Waals surface area contributed by atoms with Gasteiger partial charge in [0.15, 0.2) is 12.0 Å². The highest BCUT2D eigenvalue weighted by atomic mass is 35.5. The number of carbonyl (C=O) groups excluding carboxylic acids is 3. The first-order valence-corrected chi connectivity index (χ1v) is 17.6. The molecule has 1 spiro atoms. The SMILES string of the molecule is C=NC(NN(CC(=O)Nc1ccc(C(F)(F)F)cc1Cl)C(=O)/C(=C(/CC)NC)N1CCN(C(=O)/C(N)=C(\O)C(C)=NC)CC1)N1CC2(COC2)C1.CC. The number of alkyl halides is 3. The third-order valence-electron chi connectivity index (χ3n) is 8.99. The Balaban J connectivity index is 0.00000372. The number of likely N-dealkylation sites (tertiary alicyclic amines) is 1. The number of halogens is 4. The van der Waals surface area contributed by atoms with Gasteiger partial charge in [-0.3, -0.25) is 34.3 Å². The highest BCUT2D eigenvalue weighted by molar-refractivity contribution is 6.33. The molecule has 6 N–H and O–H groups in total. The second kappa shape index (κ2) is 18.6. The molecular weight excluding hydrogens is 721 g/mol. The van der Waals surface area contributed by atoms with Crippen LogP contribution in [0.5, 0.6) is 0 Å². The molecule has 15 nitrogen and oxygen atoms in total. The van der Waals surface area contributed by atoms with Gasteiger partial charge in [0.25, 0.3) is 11.8 Å². The number of anilines is 1. The molecule has 3 aliphatic rings. The molecule has 3 aliphatic heterocycles. The van der Waals surface area contributed by atoms with Crippen molar-refractivity contribution in [2.24, 2.45) is 21.1 Å². The smallest absolute Gasteiger partial charge is 0.416 e. The quantitative estimate of drug-likeness (QED) is 0.0867. The molecule has 1 aromatic carbocycles. The van der Waals surface area contributed by atoms with E-state index >= 15 is 0 Å². The van der Waals surface area contributed by atoms with Gasteiger partial charge in [0.1, 0.15) is 17.9 Å². The second-order valence-electron chi connectivity index (χ2n) is 12.5. The van der Waals surface area contributed by atoms with Crippen molar-refractivity contribution in [2.75, 3.05) is 78.4 Å². The zero-order valence-electron chi connectivity index (χ0n) is 30.9. The summed E-state index contributed by atoms with van der Waals surface area (Å²) >= 11 is 6.09. The van der Waals surface area contributed by atoms with Crippen LogP contribution in [0.4, 0.5) is 18.9 Å². The summed E-state index contributed by atoms with van der Waals surface area (Å²) in [6.07, 6.45) is -5.04. The van der Waals surface area contributed by atoms with Crippen molar-refractivity contribution in [1.82, 2.24) is 30.5 Å². The number of hydrogen-bond donors (Lipinski definition) is 5. The maximum Gasteiger partial charge on any atom is 0.416 e. The molecule has 3 saturated heterocycles. The summed E-state index contributed by atoms with van der Waals surface area (Å²) in [6, 6.07) is 2.53. The minimum absolute atomic E-state index is 0.00273. The summed E-state index contributed by atoms with van der Waals surface area (Å²) in [5.41, 5.74) is 8.53.